The summed E-state index contributed by atoms with van der Waals surface area (Å²) in [5.74, 6) is -0.118. The summed E-state index contributed by atoms with van der Waals surface area (Å²) in [6, 6.07) is 6.69. The molecular formula is C19H15Cl2N3O5S. The summed E-state index contributed by atoms with van der Waals surface area (Å²) in [7, 11) is 3.10. The molecule has 8 nitrogen and oxygen atoms in total. The van der Waals surface area contributed by atoms with Gasteiger partial charge in [0.15, 0.2) is 23.2 Å². The molecule has 0 aliphatic heterocycles. The van der Waals surface area contributed by atoms with Crippen molar-refractivity contribution in [1.82, 2.24) is 9.97 Å². The summed E-state index contributed by atoms with van der Waals surface area (Å²) >= 11 is 12.7. The van der Waals surface area contributed by atoms with Crippen molar-refractivity contribution in [2.45, 2.75) is 0 Å². The highest BCUT2D eigenvalue weighted by atomic mass is 35.5. The van der Waals surface area contributed by atoms with Crippen molar-refractivity contribution in [1.29, 1.82) is 0 Å². The predicted molar refractivity (Wildman–Crippen MR) is 114 cm³/mol. The fraction of sp³-hybridized carbons (Fsp3) is 0.158. The molecule has 11 heteroatoms. The number of carbonyl (C=O) groups is 2. The summed E-state index contributed by atoms with van der Waals surface area (Å²) in [4.78, 5) is 32.2. The number of thiazole rings is 1. The minimum atomic E-state index is -0.749. The van der Waals surface area contributed by atoms with Gasteiger partial charge >= 0.3 is 5.97 Å². The number of halogens is 2. The number of nitrogens with one attached hydrogen (secondary N) is 1. The maximum Gasteiger partial charge on any atom is 0.340 e. The number of hydrogen-bond acceptors (Lipinski definition) is 8. The van der Waals surface area contributed by atoms with Gasteiger partial charge < -0.3 is 14.2 Å². The van der Waals surface area contributed by atoms with E-state index in [1.54, 1.807) is 31.7 Å². The van der Waals surface area contributed by atoms with Crippen LogP contribution in [0.3, 0.4) is 0 Å². The second-order valence-corrected chi connectivity index (χ2v) is 7.35. The van der Waals surface area contributed by atoms with Crippen LogP contribution in [0.4, 0.5) is 5.13 Å². The van der Waals surface area contributed by atoms with E-state index in [0.717, 1.165) is 5.56 Å². The molecule has 0 fully saturated rings. The van der Waals surface area contributed by atoms with Gasteiger partial charge in [-0.1, -0.05) is 23.2 Å². The SMILES string of the molecule is COc1ccc(-c2csc(NC(=O)COC(=O)c3cnc(Cl)c(Cl)c3)n2)cc1OC. The van der Waals surface area contributed by atoms with Crippen molar-refractivity contribution in [3.05, 3.63) is 51.6 Å². The third kappa shape index (κ3) is 5.18. The molecule has 0 saturated heterocycles. The molecule has 3 aromatic rings. The van der Waals surface area contributed by atoms with Crippen LogP contribution in [0.5, 0.6) is 11.5 Å². The largest absolute Gasteiger partial charge is 0.493 e. The van der Waals surface area contributed by atoms with E-state index in [1.165, 1.54) is 23.6 Å². The highest BCUT2D eigenvalue weighted by Gasteiger charge is 2.15. The van der Waals surface area contributed by atoms with Gasteiger partial charge in [0.05, 0.1) is 30.5 Å². The Bertz CT molecular complexity index is 1090. The van der Waals surface area contributed by atoms with E-state index in [2.05, 4.69) is 15.3 Å². The standard InChI is InChI=1S/C19H15Cl2N3O5S/c1-27-14-4-3-10(6-15(14)28-2)13-9-30-19(23-13)24-16(25)8-29-18(26)11-5-12(20)17(21)22-7-11/h3-7,9H,8H2,1-2H3,(H,23,24,25). The van der Waals surface area contributed by atoms with Crippen LogP contribution in [0.1, 0.15) is 10.4 Å². The van der Waals surface area contributed by atoms with Gasteiger partial charge in [0.25, 0.3) is 5.91 Å². The van der Waals surface area contributed by atoms with Crippen molar-refractivity contribution >= 4 is 51.5 Å². The molecule has 0 spiro atoms. The Morgan fingerprint density at radius 3 is 2.60 bits per heavy atom. The Balaban J connectivity index is 1.59. The number of methoxy groups -OCH3 is 2. The lowest BCUT2D eigenvalue weighted by Gasteiger charge is -2.08. The maximum absolute atomic E-state index is 12.1. The average Bonchev–Trinajstić information content (AvgIpc) is 3.21. The number of aromatic nitrogens is 2. The third-order valence-electron chi connectivity index (χ3n) is 3.80. The highest BCUT2D eigenvalue weighted by Crippen LogP contribution is 2.33. The van der Waals surface area contributed by atoms with E-state index in [4.69, 9.17) is 37.4 Å². The Morgan fingerprint density at radius 2 is 1.90 bits per heavy atom. The fourth-order valence-corrected chi connectivity index (χ4v) is 3.37. The van der Waals surface area contributed by atoms with Crippen LogP contribution in [0, 0.1) is 0 Å². The zero-order valence-electron chi connectivity index (χ0n) is 15.8. The van der Waals surface area contributed by atoms with Crippen molar-refractivity contribution in [3.8, 4) is 22.8 Å². The maximum atomic E-state index is 12.1. The molecule has 1 N–H and O–H groups in total. The molecular weight excluding hydrogens is 453 g/mol. The van der Waals surface area contributed by atoms with Crippen LogP contribution in [-0.2, 0) is 9.53 Å². The number of amides is 1. The lowest BCUT2D eigenvalue weighted by Crippen LogP contribution is -2.21. The molecule has 0 unspecified atom stereocenters. The van der Waals surface area contributed by atoms with Gasteiger partial charge in [0, 0.05) is 17.1 Å². The second-order valence-electron chi connectivity index (χ2n) is 5.73. The second kappa shape index (κ2) is 9.75. The van der Waals surface area contributed by atoms with E-state index in [0.29, 0.717) is 22.3 Å². The topological polar surface area (TPSA) is 99.6 Å². The number of anilines is 1. The molecule has 2 aromatic heterocycles. The van der Waals surface area contributed by atoms with Gasteiger partial charge in [-0.3, -0.25) is 10.1 Å². The molecule has 0 saturated carbocycles. The molecule has 1 aromatic carbocycles. The summed E-state index contributed by atoms with van der Waals surface area (Å²) in [5, 5.41) is 4.90. The summed E-state index contributed by atoms with van der Waals surface area (Å²) in [6.07, 6.45) is 1.21. The minimum absolute atomic E-state index is 0.0695. The number of pyridine rings is 1. The van der Waals surface area contributed by atoms with E-state index < -0.39 is 18.5 Å². The monoisotopic (exact) mass is 467 g/mol. The molecule has 30 heavy (non-hydrogen) atoms. The first-order valence-corrected chi connectivity index (χ1v) is 10.0. The Morgan fingerprint density at radius 1 is 1.13 bits per heavy atom. The van der Waals surface area contributed by atoms with Gasteiger partial charge in [0.2, 0.25) is 0 Å². The molecule has 156 valence electrons. The number of nitrogens with zero attached hydrogens (tertiary/aromatic N) is 2. The fourth-order valence-electron chi connectivity index (χ4n) is 2.36. The zero-order chi connectivity index (χ0) is 21.7. The van der Waals surface area contributed by atoms with E-state index in [1.807, 2.05) is 6.07 Å². The number of ether oxygens (including phenoxy) is 3. The molecule has 0 aliphatic carbocycles. The molecule has 0 radical (unpaired) electrons. The van der Waals surface area contributed by atoms with Crippen LogP contribution < -0.4 is 14.8 Å². The lowest BCUT2D eigenvalue weighted by atomic mass is 10.1. The zero-order valence-corrected chi connectivity index (χ0v) is 18.1. The Labute approximate surface area is 185 Å². The number of hydrogen-bond donors (Lipinski definition) is 1. The van der Waals surface area contributed by atoms with Crippen molar-refractivity contribution in [2.24, 2.45) is 0 Å². The highest BCUT2D eigenvalue weighted by molar-refractivity contribution is 7.14. The van der Waals surface area contributed by atoms with Gasteiger partial charge in [0.1, 0.15) is 5.15 Å². The summed E-state index contributed by atoms with van der Waals surface area (Å²) < 4.78 is 15.5. The molecule has 3 rings (SSSR count). The Kier molecular flexibility index (Phi) is 7.09. The first-order chi connectivity index (χ1) is 14.4. The summed E-state index contributed by atoms with van der Waals surface area (Å²) in [6.45, 7) is -0.496. The molecule has 2 heterocycles. The van der Waals surface area contributed by atoms with E-state index in [9.17, 15) is 9.59 Å². The van der Waals surface area contributed by atoms with Crippen molar-refractivity contribution in [3.63, 3.8) is 0 Å². The van der Waals surface area contributed by atoms with Gasteiger partial charge in [-0.2, -0.15) is 0 Å². The number of esters is 1. The van der Waals surface area contributed by atoms with Crippen LogP contribution in [0.2, 0.25) is 10.2 Å². The molecule has 1 amide bonds. The number of benzene rings is 1. The molecule has 0 bridgehead atoms. The van der Waals surface area contributed by atoms with Gasteiger partial charge in [-0.05, 0) is 24.3 Å². The summed E-state index contributed by atoms with van der Waals surface area (Å²) in [5.41, 5.74) is 1.53. The van der Waals surface area contributed by atoms with Crippen molar-refractivity contribution < 1.29 is 23.8 Å². The first kappa shape index (κ1) is 21.8. The predicted octanol–water partition coefficient (Wildman–Crippen LogP) is 4.32. The first-order valence-electron chi connectivity index (χ1n) is 8.37. The third-order valence-corrected chi connectivity index (χ3v) is 5.24. The van der Waals surface area contributed by atoms with E-state index >= 15 is 0 Å². The van der Waals surface area contributed by atoms with Crippen LogP contribution in [-0.4, -0.2) is 42.7 Å². The van der Waals surface area contributed by atoms with Crippen LogP contribution >= 0.6 is 34.5 Å². The Hall–Kier alpha value is -2.88. The average molecular weight is 468 g/mol. The van der Waals surface area contributed by atoms with Crippen molar-refractivity contribution in [2.75, 3.05) is 26.1 Å². The van der Waals surface area contributed by atoms with Crippen LogP contribution in [0.15, 0.2) is 35.8 Å². The van der Waals surface area contributed by atoms with Gasteiger partial charge in [-0.25, -0.2) is 14.8 Å². The normalized spacial score (nSPS) is 10.4. The molecule has 0 atom stereocenters. The lowest BCUT2D eigenvalue weighted by molar-refractivity contribution is -0.119. The minimum Gasteiger partial charge on any atom is -0.493 e. The van der Waals surface area contributed by atoms with Crippen LogP contribution in [0.25, 0.3) is 11.3 Å². The quantitative estimate of drug-likeness (QED) is 0.407. The number of carbonyl (C=O) groups excluding carboxylic acids is 2. The van der Waals surface area contributed by atoms with Gasteiger partial charge in [-0.15, -0.1) is 11.3 Å². The molecule has 0 aliphatic rings. The number of rotatable bonds is 7. The smallest absolute Gasteiger partial charge is 0.340 e. The van der Waals surface area contributed by atoms with E-state index in [-0.39, 0.29) is 15.7 Å².